The second-order valence-electron chi connectivity index (χ2n) is 6.81. The van der Waals surface area contributed by atoms with Gasteiger partial charge >= 0.3 is 0 Å². The number of hydrogen-bond donors (Lipinski definition) is 1. The summed E-state index contributed by atoms with van der Waals surface area (Å²) in [6.45, 7) is 3.80. The van der Waals surface area contributed by atoms with E-state index in [0.29, 0.717) is 5.69 Å². The third kappa shape index (κ3) is 4.63. The maximum Gasteiger partial charge on any atom is 0.264 e. The first kappa shape index (κ1) is 20.5. The molecule has 0 aliphatic rings. The fraction of sp³-hybridized carbons (Fsp3) is 0.182. The van der Waals surface area contributed by atoms with Crippen LogP contribution in [0.2, 0.25) is 0 Å². The standard InChI is InChI=1S/C22H23N3O3S/c1-16-7-9-20(10-8-16)25(3)29(27,28)21-6-4-5-19(15-21)22(26)24-17(2)18-11-13-23-14-12-18/h4-15,17H,1-3H3,(H,24,26). The summed E-state index contributed by atoms with van der Waals surface area (Å²) >= 11 is 0. The zero-order chi connectivity index (χ0) is 21.0. The van der Waals surface area contributed by atoms with Crippen molar-refractivity contribution in [3.05, 3.63) is 89.7 Å². The van der Waals surface area contributed by atoms with Gasteiger partial charge in [0.2, 0.25) is 0 Å². The highest BCUT2D eigenvalue weighted by Gasteiger charge is 2.22. The summed E-state index contributed by atoms with van der Waals surface area (Å²) in [6.07, 6.45) is 3.32. The highest BCUT2D eigenvalue weighted by molar-refractivity contribution is 7.92. The van der Waals surface area contributed by atoms with Crippen LogP contribution in [0.4, 0.5) is 5.69 Å². The monoisotopic (exact) mass is 409 g/mol. The SMILES string of the molecule is Cc1ccc(N(C)S(=O)(=O)c2cccc(C(=O)NC(C)c3ccncc3)c2)cc1. The van der Waals surface area contributed by atoms with E-state index < -0.39 is 10.0 Å². The molecule has 1 atom stereocenters. The Morgan fingerprint density at radius 3 is 2.34 bits per heavy atom. The van der Waals surface area contributed by atoms with Crippen molar-refractivity contribution in [2.24, 2.45) is 0 Å². The number of pyridine rings is 1. The molecule has 1 unspecified atom stereocenters. The number of nitrogens with one attached hydrogen (secondary N) is 1. The van der Waals surface area contributed by atoms with Gasteiger partial charge in [-0.3, -0.25) is 14.1 Å². The van der Waals surface area contributed by atoms with Crippen LogP contribution >= 0.6 is 0 Å². The topological polar surface area (TPSA) is 79.4 Å². The van der Waals surface area contributed by atoms with Gasteiger partial charge in [0.05, 0.1) is 16.6 Å². The first-order valence-corrected chi connectivity index (χ1v) is 10.6. The minimum absolute atomic E-state index is 0.0600. The van der Waals surface area contributed by atoms with E-state index >= 15 is 0 Å². The average molecular weight is 410 g/mol. The molecule has 1 aromatic heterocycles. The van der Waals surface area contributed by atoms with Gasteiger partial charge in [0.1, 0.15) is 0 Å². The van der Waals surface area contributed by atoms with Crippen LogP contribution in [0.15, 0.2) is 78.0 Å². The highest BCUT2D eigenvalue weighted by Crippen LogP contribution is 2.23. The maximum absolute atomic E-state index is 13.0. The predicted octanol–water partition coefficient (Wildman–Crippen LogP) is 3.71. The predicted molar refractivity (Wildman–Crippen MR) is 113 cm³/mol. The minimum Gasteiger partial charge on any atom is -0.346 e. The van der Waals surface area contributed by atoms with E-state index in [1.807, 2.05) is 38.1 Å². The molecule has 1 heterocycles. The van der Waals surface area contributed by atoms with E-state index in [9.17, 15) is 13.2 Å². The number of aromatic nitrogens is 1. The van der Waals surface area contributed by atoms with E-state index in [4.69, 9.17) is 0 Å². The Balaban J connectivity index is 1.82. The molecule has 1 amide bonds. The van der Waals surface area contributed by atoms with Crippen LogP contribution in [-0.2, 0) is 10.0 Å². The van der Waals surface area contributed by atoms with Gasteiger partial charge in [0.25, 0.3) is 15.9 Å². The third-order valence-electron chi connectivity index (χ3n) is 4.71. The van der Waals surface area contributed by atoms with Crippen LogP contribution in [0.1, 0.15) is 34.5 Å². The second kappa shape index (κ2) is 8.45. The molecule has 0 saturated heterocycles. The normalized spacial score (nSPS) is 12.2. The molecule has 3 aromatic rings. The summed E-state index contributed by atoms with van der Waals surface area (Å²) in [5, 5.41) is 2.88. The second-order valence-corrected chi connectivity index (χ2v) is 8.78. The number of anilines is 1. The summed E-state index contributed by atoms with van der Waals surface area (Å²) in [5.74, 6) is -0.343. The van der Waals surface area contributed by atoms with Crippen molar-refractivity contribution in [3.8, 4) is 0 Å². The fourth-order valence-electron chi connectivity index (χ4n) is 2.86. The molecule has 7 heteroatoms. The number of sulfonamides is 1. The zero-order valence-electron chi connectivity index (χ0n) is 16.5. The molecule has 0 radical (unpaired) electrons. The lowest BCUT2D eigenvalue weighted by molar-refractivity contribution is 0.0939. The van der Waals surface area contributed by atoms with Crippen LogP contribution < -0.4 is 9.62 Å². The maximum atomic E-state index is 13.0. The number of hydrogen-bond acceptors (Lipinski definition) is 4. The number of benzene rings is 2. The van der Waals surface area contributed by atoms with Crippen molar-refractivity contribution >= 4 is 21.6 Å². The summed E-state index contributed by atoms with van der Waals surface area (Å²) in [4.78, 5) is 16.7. The van der Waals surface area contributed by atoms with Gasteiger partial charge in [0.15, 0.2) is 0 Å². The van der Waals surface area contributed by atoms with E-state index in [2.05, 4.69) is 10.3 Å². The molecular formula is C22H23N3O3S. The lowest BCUT2D eigenvalue weighted by Crippen LogP contribution is -2.28. The van der Waals surface area contributed by atoms with Crippen molar-refractivity contribution in [1.82, 2.24) is 10.3 Å². The first-order chi connectivity index (χ1) is 13.8. The number of aryl methyl sites for hydroxylation is 1. The molecule has 0 saturated carbocycles. The quantitative estimate of drug-likeness (QED) is 0.673. The molecule has 6 nitrogen and oxygen atoms in total. The van der Waals surface area contributed by atoms with Crippen molar-refractivity contribution in [3.63, 3.8) is 0 Å². The Morgan fingerprint density at radius 1 is 1.03 bits per heavy atom. The van der Waals surface area contributed by atoms with Crippen LogP contribution in [0, 0.1) is 6.92 Å². The molecule has 0 spiro atoms. The van der Waals surface area contributed by atoms with E-state index in [0.717, 1.165) is 11.1 Å². The van der Waals surface area contributed by atoms with Gasteiger partial charge in [-0.15, -0.1) is 0 Å². The molecule has 2 aromatic carbocycles. The van der Waals surface area contributed by atoms with E-state index in [1.54, 1.807) is 36.7 Å². The molecule has 150 valence electrons. The Kier molecular flexibility index (Phi) is 5.98. The first-order valence-electron chi connectivity index (χ1n) is 9.15. The van der Waals surface area contributed by atoms with E-state index in [-0.39, 0.29) is 22.4 Å². The van der Waals surface area contributed by atoms with E-state index in [1.165, 1.54) is 23.5 Å². The van der Waals surface area contributed by atoms with Gasteiger partial charge in [-0.25, -0.2) is 8.42 Å². The number of carbonyl (C=O) groups excluding carboxylic acids is 1. The zero-order valence-corrected chi connectivity index (χ0v) is 17.3. The largest absolute Gasteiger partial charge is 0.346 e. The molecule has 3 rings (SSSR count). The van der Waals surface area contributed by atoms with Crippen molar-refractivity contribution in [1.29, 1.82) is 0 Å². The molecule has 29 heavy (non-hydrogen) atoms. The number of amides is 1. The van der Waals surface area contributed by atoms with Crippen molar-refractivity contribution in [2.75, 3.05) is 11.4 Å². The van der Waals surface area contributed by atoms with Crippen LogP contribution in [0.5, 0.6) is 0 Å². The van der Waals surface area contributed by atoms with Crippen molar-refractivity contribution < 1.29 is 13.2 Å². The van der Waals surface area contributed by atoms with Gasteiger partial charge in [-0.2, -0.15) is 0 Å². The lowest BCUT2D eigenvalue weighted by Gasteiger charge is -2.20. The van der Waals surface area contributed by atoms with Crippen LogP contribution in [0.3, 0.4) is 0 Å². The third-order valence-corrected chi connectivity index (χ3v) is 6.49. The van der Waals surface area contributed by atoms with Gasteiger partial charge in [-0.05, 0) is 61.9 Å². The van der Waals surface area contributed by atoms with Gasteiger partial charge in [-0.1, -0.05) is 23.8 Å². The molecule has 0 fully saturated rings. The molecule has 0 bridgehead atoms. The number of nitrogens with zero attached hydrogens (tertiary/aromatic N) is 2. The minimum atomic E-state index is -3.80. The van der Waals surface area contributed by atoms with Gasteiger partial charge in [0, 0.05) is 25.0 Å². The van der Waals surface area contributed by atoms with Crippen LogP contribution in [0.25, 0.3) is 0 Å². The van der Waals surface area contributed by atoms with Gasteiger partial charge < -0.3 is 5.32 Å². The van der Waals surface area contributed by atoms with Crippen LogP contribution in [-0.4, -0.2) is 26.4 Å². The summed E-state index contributed by atoms with van der Waals surface area (Å²) in [7, 11) is -2.30. The highest BCUT2D eigenvalue weighted by atomic mass is 32.2. The molecule has 1 N–H and O–H groups in total. The Morgan fingerprint density at radius 2 is 1.69 bits per heavy atom. The fourth-order valence-corrected chi connectivity index (χ4v) is 4.11. The molecule has 0 aliphatic heterocycles. The smallest absolute Gasteiger partial charge is 0.264 e. The summed E-state index contributed by atoms with van der Waals surface area (Å²) in [6, 6.07) is 16.7. The Hall–Kier alpha value is -3.19. The summed E-state index contributed by atoms with van der Waals surface area (Å²) < 4.78 is 27.3. The number of carbonyl (C=O) groups is 1. The number of rotatable bonds is 6. The average Bonchev–Trinajstić information content (AvgIpc) is 2.74. The van der Waals surface area contributed by atoms with Crippen molar-refractivity contribution in [2.45, 2.75) is 24.8 Å². The Labute approximate surface area is 171 Å². The lowest BCUT2D eigenvalue weighted by atomic mass is 10.1. The Bertz CT molecular complexity index is 1100. The molecular weight excluding hydrogens is 386 g/mol. The molecule has 0 aliphatic carbocycles. The summed E-state index contributed by atoms with van der Waals surface area (Å²) in [5.41, 5.74) is 2.79.